The summed E-state index contributed by atoms with van der Waals surface area (Å²) in [6, 6.07) is 3.05. The molecule has 3 nitrogen and oxygen atoms in total. The normalized spacial score (nSPS) is 12.7. The number of hydrogen-bond acceptors (Lipinski definition) is 2. The third-order valence-electron chi connectivity index (χ3n) is 2.89. The predicted molar refractivity (Wildman–Crippen MR) is 70.1 cm³/mol. The molecule has 0 saturated carbocycles. The van der Waals surface area contributed by atoms with Gasteiger partial charge in [-0.2, -0.15) is 5.10 Å². The molecule has 1 unspecified atom stereocenters. The van der Waals surface area contributed by atoms with Crippen LogP contribution in [0.15, 0.2) is 24.4 Å². The molecule has 102 valence electrons. The van der Waals surface area contributed by atoms with Crippen molar-refractivity contribution in [1.29, 1.82) is 0 Å². The second-order valence-corrected chi connectivity index (χ2v) is 4.57. The van der Waals surface area contributed by atoms with Crippen LogP contribution in [0.25, 0.3) is 0 Å². The Labute approximate surface area is 115 Å². The van der Waals surface area contributed by atoms with Gasteiger partial charge in [0.25, 0.3) is 0 Å². The van der Waals surface area contributed by atoms with Crippen molar-refractivity contribution in [3.63, 3.8) is 0 Å². The second-order valence-electron chi connectivity index (χ2n) is 4.16. The lowest BCUT2D eigenvalue weighted by Gasteiger charge is -2.20. The molecule has 0 aliphatic carbocycles. The summed E-state index contributed by atoms with van der Waals surface area (Å²) < 4.78 is 28.5. The van der Waals surface area contributed by atoms with E-state index < -0.39 is 17.7 Å². The van der Waals surface area contributed by atoms with Crippen molar-refractivity contribution in [3.8, 4) is 0 Å². The molecular formula is C13H14ClF2N3. The standard InChI is InChI=1S/C13H14ClF2N3/c1-3-17-12(13-10(14)7-18-19(13)2)9-5-4-8(15)6-11(9)16/h4-7,12,17H,3H2,1-2H3. The Morgan fingerprint density at radius 1 is 1.42 bits per heavy atom. The van der Waals surface area contributed by atoms with Gasteiger partial charge in [-0.3, -0.25) is 4.68 Å². The summed E-state index contributed by atoms with van der Waals surface area (Å²) in [6.07, 6.45) is 1.50. The molecule has 2 aromatic rings. The van der Waals surface area contributed by atoms with Crippen LogP contribution in [0.3, 0.4) is 0 Å². The average molecular weight is 286 g/mol. The lowest BCUT2D eigenvalue weighted by molar-refractivity contribution is 0.521. The zero-order chi connectivity index (χ0) is 14.0. The molecule has 0 fully saturated rings. The maximum atomic E-state index is 13.9. The van der Waals surface area contributed by atoms with Crippen molar-refractivity contribution in [3.05, 3.63) is 52.3 Å². The number of nitrogens with zero attached hydrogens (tertiary/aromatic N) is 2. The molecule has 1 aromatic heterocycles. The van der Waals surface area contributed by atoms with Crippen molar-refractivity contribution in [2.75, 3.05) is 6.54 Å². The molecule has 1 atom stereocenters. The number of aryl methyl sites for hydroxylation is 1. The fourth-order valence-electron chi connectivity index (χ4n) is 2.04. The van der Waals surface area contributed by atoms with E-state index in [4.69, 9.17) is 11.6 Å². The van der Waals surface area contributed by atoms with E-state index >= 15 is 0 Å². The van der Waals surface area contributed by atoms with Crippen LogP contribution in [0.1, 0.15) is 24.2 Å². The maximum absolute atomic E-state index is 13.9. The minimum Gasteiger partial charge on any atom is -0.305 e. The highest BCUT2D eigenvalue weighted by Gasteiger charge is 2.23. The fraction of sp³-hybridized carbons (Fsp3) is 0.308. The van der Waals surface area contributed by atoms with Crippen LogP contribution in [0, 0.1) is 11.6 Å². The summed E-state index contributed by atoms with van der Waals surface area (Å²) in [5, 5.41) is 7.62. The molecule has 2 rings (SSSR count). The molecule has 1 heterocycles. The third-order valence-corrected chi connectivity index (χ3v) is 3.18. The van der Waals surface area contributed by atoms with E-state index in [1.54, 1.807) is 11.7 Å². The third kappa shape index (κ3) is 2.77. The Balaban J connectivity index is 2.51. The highest BCUT2D eigenvalue weighted by molar-refractivity contribution is 6.31. The van der Waals surface area contributed by atoms with E-state index in [1.165, 1.54) is 18.3 Å². The van der Waals surface area contributed by atoms with Crippen molar-refractivity contribution in [1.82, 2.24) is 15.1 Å². The van der Waals surface area contributed by atoms with Gasteiger partial charge in [-0.1, -0.05) is 24.6 Å². The van der Waals surface area contributed by atoms with E-state index in [1.807, 2.05) is 6.92 Å². The number of hydrogen-bond donors (Lipinski definition) is 1. The Kier molecular flexibility index (Phi) is 4.17. The van der Waals surface area contributed by atoms with Crippen LogP contribution < -0.4 is 5.32 Å². The molecule has 0 bridgehead atoms. The topological polar surface area (TPSA) is 29.9 Å². The Morgan fingerprint density at radius 3 is 2.68 bits per heavy atom. The summed E-state index contributed by atoms with van der Waals surface area (Å²) in [5.74, 6) is -1.21. The Morgan fingerprint density at radius 2 is 2.16 bits per heavy atom. The summed E-state index contributed by atoms with van der Waals surface area (Å²) in [4.78, 5) is 0. The number of rotatable bonds is 4. The van der Waals surface area contributed by atoms with E-state index in [0.717, 1.165) is 6.07 Å². The van der Waals surface area contributed by atoms with E-state index in [0.29, 0.717) is 22.8 Å². The number of nitrogens with one attached hydrogen (secondary N) is 1. The number of halogens is 3. The van der Waals surface area contributed by atoms with Gasteiger partial charge in [0, 0.05) is 18.7 Å². The molecule has 0 radical (unpaired) electrons. The summed E-state index contributed by atoms with van der Waals surface area (Å²) >= 11 is 6.09. The van der Waals surface area contributed by atoms with E-state index in [2.05, 4.69) is 10.4 Å². The first kappa shape index (κ1) is 14.0. The van der Waals surface area contributed by atoms with E-state index in [-0.39, 0.29) is 0 Å². The molecule has 0 spiro atoms. The SMILES string of the molecule is CCNC(c1ccc(F)cc1F)c1c(Cl)cnn1C. The molecule has 0 aliphatic heterocycles. The van der Waals surface area contributed by atoms with Gasteiger partial charge in [-0.25, -0.2) is 8.78 Å². The first-order chi connectivity index (χ1) is 9.04. The smallest absolute Gasteiger partial charge is 0.131 e. The van der Waals surface area contributed by atoms with Crippen LogP contribution in [0.5, 0.6) is 0 Å². The van der Waals surface area contributed by atoms with Crippen LogP contribution in [-0.2, 0) is 7.05 Å². The van der Waals surface area contributed by atoms with Crippen LogP contribution in [0.4, 0.5) is 8.78 Å². The Bertz CT molecular complexity index is 564. The average Bonchev–Trinajstić information content (AvgIpc) is 2.67. The van der Waals surface area contributed by atoms with Gasteiger partial charge in [0.15, 0.2) is 0 Å². The van der Waals surface area contributed by atoms with Gasteiger partial charge in [-0.05, 0) is 12.6 Å². The first-order valence-electron chi connectivity index (χ1n) is 5.90. The minimum atomic E-state index is -0.608. The molecule has 0 aliphatic rings. The first-order valence-corrected chi connectivity index (χ1v) is 6.28. The van der Waals surface area contributed by atoms with Gasteiger partial charge < -0.3 is 5.32 Å². The highest BCUT2D eigenvalue weighted by atomic mass is 35.5. The number of aromatic nitrogens is 2. The van der Waals surface area contributed by atoms with Gasteiger partial charge in [0.1, 0.15) is 11.6 Å². The summed E-state index contributed by atoms with van der Waals surface area (Å²) in [5.41, 5.74) is 0.989. The zero-order valence-corrected chi connectivity index (χ0v) is 11.4. The second kappa shape index (κ2) is 5.67. The molecule has 1 aromatic carbocycles. The zero-order valence-electron chi connectivity index (χ0n) is 10.6. The van der Waals surface area contributed by atoms with Crippen molar-refractivity contribution in [2.24, 2.45) is 7.05 Å². The van der Waals surface area contributed by atoms with Gasteiger partial charge >= 0.3 is 0 Å². The highest BCUT2D eigenvalue weighted by Crippen LogP contribution is 2.29. The molecular weight excluding hydrogens is 272 g/mol. The molecule has 19 heavy (non-hydrogen) atoms. The van der Waals surface area contributed by atoms with Crippen LogP contribution in [-0.4, -0.2) is 16.3 Å². The monoisotopic (exact) mass is 285 g/mol. The molecule has 0 saturated heterocycles. The van der Waals surface area contributed by atoms with Crippen molar-refractivity contribution >= 4 is 11.6 Å². The lowest BCUT2D eigenvalue weighted by Crippen LogP contribution is -2.25. The van der Waals surface area contributed by atoms with Crippen LogP contribution >= 0.6 is 11.6 Å². The Hall–Kier alpha value is -1.46. The molecule has 0 amide bonds. The van der Waals surface area contributed by atoms with Crippen molar-refractivity contribution < 1.29 is 8.78 Å². The van der Waals surface area contributed by atoms with Gasteiger partial charge in [0.05, 0.1) is 23.0 Å². The maximum Gasteiger partial charge on any atom is 0.131 e. The summed E-state index contributed by atoms with van der Waals surface area (Å²) in [7, 11) is 1.73. The van der Waals surface area contributed by atoms with Gasteiger partial charge in [-0.15, -0.1) is 0 Å². The van der Waals surface area contributed by atoms with Crippen LogP contribution in [0.2, 0.25) is 5.02 Å². The minimum absolute atomic E-state index is 0.341. The summed E-state index contributed by atoms with van der Waals surface area (Å²) in [6.45, 7) is 2.52. The predicted octanol–water partition coefficient (Wildman–Crippen LogP) is 3.05. The lowest BCUT2D eigenvalue weighted by atomic mass is 10.0. The van der Waals surface area contributed by atoms with Crippen molar-refractivity contribution in [2.45, 2.75) is 13.0 Å². The molecule has 1 N–H and O–H groups in total. The molecule has 6 heteroatoms. The van der Waals surface area contributed by atoms with E-state index in [9.17, 15) is 8.78 Å². The van der Waals surface area contributed by atoms with Gasteiger partial charge in [0.2, 0.25) is 0 Å². The fourth-order valence-corrected chi connectivity index (χ4v) is 2.31. The number of benzene rings is 1. The largest absolute Gasteiger partial charge is 0.305 e. The quantitative estimate of drug-likeness (QED) is 0.936.